The first kappa shape index (κ1) is 14.4. The van der Waals surface area contributed by atoms with E-state index >= 15 is 0 Å². The highest BCUT2D eigenvalue weighted by Crippen LogP contribution is 2.13. The fourth-order valence-corrected chi connectivity index (χ4v) is 2.27. The summed E-state index contributed by atoms with van der Waals surface area (Å²) in [5.74, 6) is -0.174. The van der Waals surface area contributed by atoms with Gasteiger partial charge in [-0.05, 0) is 31.4 Å². The molecule has 2 atom stereocenters. The van der Waals surface area contributed by atoms with E-state index in [4.69, 9.17) is 16.7 Å². The van der Waals surface area contributed by atoms with Crippen LogP contribution in [-0.2, 0) is 0 Å². The highest BCUT2D eigenvalue weighted by Gasteiger charge is 2.18. The summed E-state index contributed by atoms with van der Waals surface area (Å²) < 4.78 is 0. The first-order valence-corrected chi connectivity index (χ1v) is 6.95. The Labute approximate surface area is 111 Å². The molecule has 0 saturated carbocycles. The van der Waals surface area contributed by atoms with Gasteiger partial charge in [-0.15, -0.1) is 0 Å². The number of nitrogens with one attached hydrogen (secondary N) is 1. The lowest BCUT2D eigenvalue weighted by Gasteiger charge is -2.21. The van der Waals surface area contributed by atoms with Crippen molar-refractivity contribution in [3.8, 4) is 0 Å². The third-order valence-electron chi connectivity index (χ3n) is 2.49. The molecule has 2 unspecified atom stereocenters. The Balaban J connectivity index is 2.66. The third-order valence-corrected chi connectivity index (χ3v) is 3.88. The van der Waals surface area contributed by atoms with E-state index in [1.807, 2.05) is 13.2 Å². The summed E-state index contributed by atoms with van der Waals surface area (Å²) >= 11 is 7.35. The number of carbonyl (C=O) groups is 1. The second kappa shape index (κ2) is 6.89. The highest BCUT2D eigenvalue weighted by molar-refractivity contribution is 7.99. The van der Waals surface area contributed by atoms with Crippen LogP contribution in [-0.4, -0.2) is 35.2 Å². The predicted octanol–water partition coefficient (Wildman–Crippen LogP) is 2.18. The zero-order chi connectivity index (χ0) is 12.8. The van der Waals surface area contributed by atoms with Gasteiger partial charge in [0.1, 0.15) is 0 Å². The number of rotatable bonds is 5. The summed E-state index contributed by atoms with van der Waals surface area (Å²) in [5.41, 5.74) is 0.530. The van der Waals surface area contributed by atoms with Gasteiger partial charge in [-0.25, -0.2) is 0 Å². The van der Waals surface area contributed by atoms with E-state index < -0.39 is 0 Å². The molecule has 0 aliphatic heterocycles. The van der Waals surface area contributed by atoms with E-state index in [9.17, 15) is 4.79 Å². The highest BCUT2D eigenvalue weighted by atomic mass is 35.5. The van der Waals surface area contributed by atoms with Crippen LogP contribution in [0.5, 0.6) is 0 Å². The van der Waals surface area contributed by atoms with Crippen molar-refractivity contribution in [3.05, 3.63) is 34.9 Å². The number of halogens is 1. The Bertz CT molecular complexity index is 383. The maximum absolute atomic E-state index is 11.9. The maximum atomic E-state index is 11.9. The molecule has 2 N–H and O–H groups in total. The Hall–Kier alpha value is -0.710. The number of hydrogen-bond donors (Lipinski definition) is 2. The summed E-state index contributed by atoms with van der Waals surface area (Å²) in [6.45, 7) is 1.91. The molecule has 1 amide bonds. The van der Waals surface area contributed by atoms with E-state index in [1.54, 1.807) is 24.3 Å². The van der Waals surface area contributed by atoms with E-state index in [-0.39, 0.29) is 23.8 Å². The topological polar surface area (TPSA) is 49.3 Å². The first-order chi connectivity index (χ1) is 8.08. The van der Waals surface area contributed by atoms with Crippen LogP contribution < -0.4 is 5.32 Å². The molecule has 17 heavy (non-hydrogen) atoms. The fraction of sp³-hybridized carbons (Fsp3) is 0.417. The van der Waals surface area contributed by atoms with Crippen LogP contribution >= 0.6 is 23.4 Å². The molecule has 0 aromatic heterocycles. The lowest BCUT2D eigenvalue weighted by Crippen LogP contribution is -2.41. The molecule has 1 aromatic rings. The molecule has 0 heterocycles. The van der Waals surface area contributed by atoms with Gasteiger partial charge in [0, 0.05) is 21.9 Å². The summed E-state index contributed by atoms with van der Waals surface area (Å²) in [5, 5.41) is 12.5. The molecule has 0 fully saturated rings. The standard InChI is InChI=1S/C12H16ClNO2S/c1-8(11(7-15)17-2)14-12(16)9-4-3-5-10(13)6-9/h3-6,8,11,15H,7H2,1-2H3,(H,14,16). The lowest BCUT2D eigenvalue weighted by molar-refractivity contribution is 0.0936. The van der Waals surface area contributed by atoms with Crippen molar-refractivity contribution in [2.24, 2.45) is 0 Å². The van der Waals surface area contributed by atoms with E-state index in [2.05, 4.69) is 5.32 Å². The van der Waals surface area contributed by atoms with Gasteiger partial charge in [-0.2, -0.15) is 11.8 Å². The number of aliphatic hydroxyl groups is 1. The van der Waals surface area contributed by atoms with Crippen molar-refractivity contribution in [3.63, 3.8) is 0 Å². The van der Waals surface area contributed by atoms with Gasteiger partial charge in [0.15, 0.2) is 0 Å². The zero-order valence-electron chi connectivity index (χ0n) is 9.81. The molecule has 0 radical (unpaired) electrons. The van der Waals surface area contributed by atoms with Crippen LogP contribution in [0, 0.1) is 0 Å². The number of thioether (sulfide) groups is 1. The van der Waals surface area contributed by atoms with Crippen molar-refractivity contribution in [2.45, 2.75) is 18.2 Å². The van der Waals surface area contributed by atoms with Gasteiger partial charge < -0.3 is 10.4 Å². The Morgan fingerprint density at radius 3 is 2.82 bits per heavy atom. The van der Waals surface area contributed by atoms with E-state index in [0.29, 0.717) is 10.6 Å². The lowest BCUT2D eigenvalue weighted by atomic mass is 10.2. The Morgan fingerprint density at radius 2 is 2.29 bits per heavy atom. The monoisotopic (exact) mass is 273 g/mol. The van der Waals surface area contributed by atoms with Gasteiger partial charge >= 0.3 is 0 Å². The molecule has 0 saturated heterocycles. The van der Waals surface area contributed by atoms with Crippen molar-refractivity contribution in [1.82, 2.24) is 5.32 Å². The SMILES string of the molecule is CSC(CO)C(C)NC(=O)c1cccc(Cl)c1. The molecule has 0 aliphatic rings. The maximum Gasteiger partial charge on any atom is 0.251 e. The quantitative estimate of drug-likeness (QED) is 0.865. The second-order valence-corrected chi connectivity index (χ2v) is 5.24. The van der Waals surface area contributed by atoms with Crippen LogP contribution in [0.15, 0.2) is 24.3 Å². The molecule has 1 rings (SSSR count). The van der Waals surface area contributed by atoms with Gasteiger partial charge in [-0.3, -0.25) is 4.79 Å². The van der Waals surface area contributed by atoms with Gasteiger partial charge in [0.05, 0.1) is 6.61 Å². The second-order valence-electron chi connectivity index (χ2n) is 3.73. The van der Waals surface area contributed by atoms with Crippen molar-refractivity contribution in [2.75, 3.05) is 12.9 Å². The number of amides is 1. The fourth-order valence-electron chi connectivity index (χ4n) is 1.45. The molecule has 5 heteroatoms. The minimum Gasteiger partial charge on any atom is -0.395 e. The average Bonchev–Trinajstić information content (AvgIpc) is 2.30. The molecule has 0 bridgehead atoms. The first-order valence-electron chi connectivity index (χ1n) is 5.28. The molecule has 1 aromatic carbocycles. The number of carbonyl (C=O) groups excluding carboxylic acids is 1. The summed E-state index contributed by atoms with van der Waals surface area (Å²) in [6, 6.07) is 6.69. The number of benzene rings is 1. The minimum atomic E-state index is -0.174. The third kappa shape index (κ3) is 4.22. The number of hydrogen-bond acceptors (Lipinski definition) is 3. The average molecular weight is 274 g/mol. The van der Waals surface area contributed by atoms with Crippen molar-refractivity contribution >= 4 is 29.3 Å². The van der Waals surface area contributed by atoms with Crippen molar-refractivity contribution in [1.29, 1.82) is 0 Å². The Kier molecular flexibility index (Phi) is 5.82. The molecule has 0 spiro atoms. The van der Waals surface area contributed by atoms with Crippen LogP contribution in [0.1, 0.15) is 17.3 Å². The molecular weight excluding hydrogens is 258 g/mol. The Morgan fingerprint density at radius 1 is 1.59 bits per heavy atom. The van der Waals surface area contributed by atoms with Crippen LogP contribution in [0.2, 0.25) is 5.02 Å². The minimum absolute atomic E-state index is 0.00173. The predicted molar refractivity (Wildman–Crippen MR) is 72.8 cm³/mol. The van der Waals surface area contributed by atoms with E-state index in [0.717, 1.165) is 0 Å². The van der Waals surface area contributed by atoms with Gasteiger partial charge in [0.25, 0.3) is 5.91 Å². The normalized spacial score (nSPS) is 14.1. The summed E-state index contributed by atoms with van der Waals surface area (Å²) in [7, 11) is 0. The largest absolute Gasteiger partial charge is 0.395 e. The summed E-state index contributed by atoms with van der Waals surface area (Å²) in [6.07, 6.45) is 1.91. The van der Waals surface area contributed by atoms with Crippen molar-refractivity contribution < 1.29 is 9.90 Å². The zero-order valence-corrected chi connectivity index (χ0v) is 11.4. The molecular formula is C12H16ClNO2S. The molecule has 0 aliphatic carbocycles. The molecule has 94 valence electrons. The number of aliphatic hydroxyl groups excluding tert-OH is 1. The van der Waals surface area contributed by atoms with Gasteiger partial charge in [-0.1, -0.05) is 17.7 Å². The molecule has 3 nitrogen and oxygen atoms in total. The van der Waals surface area contributed by atoms with Crippen LogP contribution in [0.4, 0.5) is 0 Å². The summed E-state index contributed by atoms with van der Waals surface area (Å²) in [4.78, 5) is 11.9. The smallest absolute Gasteiger partial charge is 0.251 e. The van der Waals surface area contributed by atoms with Crippen LogP contribution in [0.25, 0.3) is 0 Å². The van der Waals surface area contributed by atoms with E-state index in [1.165, 1.54) is 11.8 Å². The van der Waals surface area contributed by atoms with Gasteiger partial charge in [0.2, 0.25) is 0 Å². The van der Waals surface area contributed by atoms with Crippen LogP contribution in [0.3, 0.4) is 0 Å².